The van der Waals surface area contributed by atoms with Crippen LogP contribution in [0.25, 0.3) is 0 Å². The van der Waals surface area contributed by atoms with Gasteiger partial charge in [-0.3, -0.25) is 4.79 Å². The van der Waals surface area contributed by atoms with Gasteiger partial charge in [-0.05, 0) is 96.3 Å². The van der Waals surface area contributed by atoms with E-state index in [4.69, 9.17) is 0 Å². The number of nitrogens with one attached hydrogen (secondary N) is 1. The Morgan fingerprint density at radius 2 is 0.608 bits per heavy atom. The van der Waals surface area contributed by atoms with E-state index in [1.165, 1.54) is 212 Å². The number of aliphatic hydroxyl groups is 2. The number of unbranched alkanes of at least 4 members (excludes halogenated alkanes) is 35. The molecule has 0 aromatic rings. The van der Waals surface area contributed by atoms with Crippen LogP contribution in [0.5, 0.6) is 0 Å². The third kappa shape index (κ3) is 59.9. The topological polar surface area (TPSA) is 69.6 Å². The molecule has 0 aliphatic carbocycles. The highest BCUT2D eigenvalue weighted by atomic mass is 16.3. The minimum absolute atomic E-state index is 0.0764. The Kier molecular flexibility index (Phi) is 61.8. The average Bonchev–Trinajstić information content (AvgIpc) is 3.40. The highest BCUT2D eigenvalue weighted by Crippen LogP contribution is 2.17. The second kappa shape index (κ2) is 64.3. The fourth-order valence-corrected chi connectivity index (χ4v) is 9.39. The molecule has 426 valence electrons. The molecule has 3 N–H and O–H groups in total. The van der Waals surface area contributed by atoms with Crippen LogP contribution in [-0.4, -0.2) is 34.9 Å². The SMILES string of the molecule is CC/C=C\C/C=C\C/C=C\C/C=C\C/C=C\C/C=C\CCCCCCCCCCCCCCCCCCCCCCC(=O)NC(CO)C(O)/C=C/CC/C=C/CC/C=C/CCCCCCCCCCCCCCC. The van der Waals surface area contributed by atoms with Crippen molar-refractivity contribution in [1.82, 2.24) is 5.32 Å². The molecule has 4 nitrogen and oxygen atoms in total. The van der Waals surface area contributed by atoms with Gasteiger partial charge in [0.2, 0.25) is 5.91 Å². The lowest BCUT2D eigenvalue weighted by molar-refractivity contribution is -0.123. The summed E-state index contributed by atoms with van der Waals surface area (Å²) in [6, 6.07) is -0.651. The van der Waals surface area contributed by atoms with Crippen LogP contribution in [0.15, 0.2) is 109 Å². The molecule has 0 saturated heterocycles. The third-order valence-corrected chi connectivity index (χ3v) is 14.2. The van der Waals surface area contributed by atoms with Gasteiger partial charge in [0.15, 0.2) is 0 Å². The zero-order chi connectivity index (χ0) is 53.4. The van der Waals surface area contributed by atoms with Crippen LogP contribution in [0.4, 0.5) is 0 Å². The van der Waals surface area contributed by atoms with Crippen LogP contribution in [0.2, 0.25) is 0 Å². The van der Waals surface area contributed by atoms with Crippen molar-refractivity contribution < 1.29 is 15.0 Å². The van der Waals surface area contributed by atoms with Crippen LogP contribution in [-0.2, 0) is 4.79 Å². The third-order valence-electron chi connectivity index (χ3n) is 14.2. The quantitative estimate of drug-likeness (QED) is 0.0420. The zero-order valence-electron chi connectivity index (χ0n) is 49.1. The summed E-state index contributed by atoms with van der Waals surface area (Å²) in [7, 11) is 0. The Morgan fingerprint density at radius 1 is 0.338 bits per heavy atom. The van der Waals surface area contributed by atoms with E-state index < -0.39 is 12.1 Å². The predicted molar refractivity (Wildman–Crippen MR) is 331 cm³/mol. The first-order valence-electron chi connectivity index (χ1n) is 32.1. The van der Waals surface area contributed by atoms with Crippen LogP contribution >= 0.6 is 0 Å². The second-order valence-corrected chi connectivity index (χ2v) is 21.4. The van der Waals surface area contributed by atoms with Crippen molar-refractivity contribution >= 4 is 5.91 Å². The van der Waals surface area contributed by atoms with E-state index in [0.29, 0.717) is 6.42 Å². The van der Waals surface area contributed by atoms with Crippen molar-refractivity contribution in [1.29, 1.82) is 0 Å². The summed E-state index contributed by atoms with van der Waals surface area (Å²) in [5.41, 5.74) is 0. The second-order valence-electron chi connectivity index (χ2n) is 21.4. The maximum Gasteiger partial charge on any atom is 0.220 e. The fourth-order valence-electron chi connectivity index (χ4n) is 9.39. The summed E-state index contributed by atoms with van der Waals surface area (Å²) in [5.74, 6) is -0.0764. The number of aliphatic hydroxyl groups excluding tert-OH is 2. The standard InChI is InChI=1S/C70H123NO3/c1-3-5-7-9-11-13-15-17-19-21-23-25-27-28-29-30-31-32-33-34-35-36-37-38-39-40-41-42-44-46-48-50-52-54-56-58-60-62-64-66-70(74)71-68(67-72)69(73)65-63-61-59-57-55-53-51-49-47-45-43-26-24-22-20-18-16-14-12-10-8-6-4-2/h5,7,11,13,17,19,23,25,28-29,31-32,47,49,55,57,63,65,68-69,72-73H,3-4,6,8-10,12,14-16,18,20-22,24,26-27,30,33-46,48,50-54,56,58-62,64,66-67H2,1-2H3,(H,71,74)/b7-5-,13-11-,19-17-,25-23-,29-28-,32-31-,49-47+,57-55+,65-63+. The minimum atomic E-state index is -0.875. The molecule has 4 heteroatoms. The van der Waals surface area contributed by atoms with E-state index in [0.717, 1.165) is 77.0 Å². The van der Waals surface area contributed by atoms with Crippen LogP contribution in [0, 0.1) is 0 Å². The largest absolute Gasteiger partial charge is 0.394 e. The molecule has 0 rings (SSSR count). The van der Waals surface area contributed by atoms with Crippen molar-refractivity contribution in [3.05, 3.63) is 109 Å². The molecule has 0 saturated carbocycles. The smallest absolute Gasteiger partial charge is 0.220 e. The van der Waals surface area contributed by atoms with Gasteiger partial charge in [-0.15, -0.1) is 0 Å². The monoisotopic (exact) mass is 1030 g/mol. The molecule has 0 radical (unpaired) electrons. The van der Waals surface area contributed by atoms with Gasteiger partial charge in [0.05, 0.1) is 18.8 Å². The predicted octanol–water partition coefficient (Wildman–Crippen LogP) is 21.8. The van der Waals surface area contributed by atoms with Crippen molar-refractivity contribution in [3.8, 4) is 0 Å². The van der Waals surface area contributed by atoms with Gasteiger partial charge in [-0.25, -0.2) is 0 Å². The molecule has 74 heavy (non-hydrogen) atoms. The molecule has 0 spiro atoms. The summed E-state index contributed by atoms with van der Waals surface area (Å²) in [6.45, 7) is 4.20. The number of allylic oxidation sites excluding steroid dienone is 17. The summed E-state index contributed by atoms with van der Waals surface area (Å²) in [5, 5.41) is 23.2. The highest BCUT2D eigenvalue weighted by molar-refractivity contribution is 5.76. The van der Waals surface area contributed by atoms with Crippen molar-refractivity contribution in [2.45, 2.75) is 321 Å². The molecular formula is C70H123NO3. The maximum absolute atomic E-state index is 12.5. The summed E-state index contributed by atoms with van der Waals surface area (Å²) in [6.07, 6.45) is 97.2. The Hall–Kier alpha value is -2.95. The normalized spacial score (nSPS) is 13.5. The van der Waals surface area contributed by atoms with E-state index in [1.807, 2.05) is 6.08 Å². The number of rotatable bonds is 58. The van der Waals surface area contributed by atoms with Gasteiger partial charge >= 0.3 is 0 Å². The molecule has 0 aliphatic heterocycles. The Labute approximate surface area is 461 Å². The van der Waals surface area contributed by atoms with Gasteiger partial charge < -0.3 is 15.5 Å². The number of amides is 1. The Bertz CT molecular complexity index is 1400. The van der Waals surface area contributed by atoms with E-state index in [-0.39, 0.29) is 12.5 Å². The Balaban J connectivity index is 3.52. The lowest BCUT2D eigenvalue weighted by Crippen LogP contribution is -2.45. The van der Waals surface area contributed by atoms with Gasteiger partial charge in [0.1, 0.15) is 0 Å². The summed E-state index contributed by atoms with van der Waals surface area (Å²) < 4.78 is 0. The van der Waals surface area contributed by atoms with Crippen molar-refractivity contribution in [2.75, 3.05) is 6.61 Å². The first-order valence-corrected chi connectivity index (χ1v) is 32.1. The molecule has 0 fully saturated rings. The van der Waals surface area contributed by atoms with Gasteiger partial charge in [-0.1, -0.05) is 316 Å². The van der Waals surface area contributed by atoms with E-state index in [2.05, 4.69) is 116 Å². The highest BCUT2D eigenvalue weighted by Gasteiger charge is 2.18. The van der Waals surface area contributed by atoms with Gasteiger partial charge in [0, 0.05) is 6.42 Å². The van der Waals surface area contributed by atoms with Crippen LogP contribution in [0.1, 0.15) is 309 Å². The maximum atomic E-state index is 12.5. The molecule has 0 aromatic carbocycles. The zero-order valence-corrected chi connectivity index (χ0v) is 49.1. The molecule has 2 unspecified atom stereocenters. The fraction of sp³-hybridized carbons (Fsp3) is 0.729. The lowest BCUT2D eigenvalue weighted by Gasteiger charge is -2.19. The van der Waals surface area contributed by atoms with Gasteiger partial charge in [0.25, 0.3) is 0 Å². The number of carbonyl (C=O) groups is 1. The molecular weight excluding hydrogens is 903 g/mol. The Morgan fingerprint density at radius 3 is 0.946 bits per heavy atom. The van der Waals surface area contributed by atoms with E-state index >= 15 is 0 Å². The van der Waals surface area contributed by atoms with Crippen LogP contribution in [0.3, 0.4) is 0 Å². The number of carbonyl (C=O) groups excluding carboxylic acids is 1. The van der Waals surface area contributed by atoms with E-state index in [1.54, 1.807) is 6.08 Å². The average molecular weight is 1030 g/mol. The van der Waals surface area contributed by atoms with Crippen molar-refractivity contribution in [2.24, 2.45) is 0 Å². The summed E-state index contributed by atoms with van der Waals surface area (Å²) >= 11 is 0. The molecule has 0 bridgehead atoms. The number of hydrogen-bond donors (Lipinski definition) is 3. The molecule has 0 aliphatic rings. The first kappa shape index (κ1) is 71.0. The molecule has 0 heterocycles. The number of hydrogen-bond acceptors (Lipinski definition) is 3. The molecule has 1 amide bonds. The van der Waals surface area contributed by atoms with Crippen molar-refractivity contribution in [3.63, 3.8) is 0 Å². The van der Waals surface area contributed by atoms with Gasteiger partial charge in [-0.2, -0.15) is 0 Å². The summed E-state index contributed by atoms with van der Waals surface area (Å²) in [4.78, 5) is 12.5. The lowest BCUT2D eigenvalue weighted by atomic mass is 10.0. The first-order chi connectivity index (χ1) is 36.7. The van der Waals surface area contributed by atoms with Crippen LogP contribution < -0.4 is 5.32 Å². The molecule has 0 aromatic heterocycles. The minimum Gasteiger partial charge on any atom is -0.394 e. The van der Waals surface area contributed by atoms with E-state index in [9.17, 15) is 15.0 Å². The molecule has 2 atom stereocenters.